The van der Waals surface area contributed by atoms with Crippen molar-refractivity contribution in [3.63, 3.8) is 0 Å². The Morgan fingerprint density at radius 1 is 1.21 bits per heavy atom. The zero-order valence-corrected chi connectivity index (χ0v) is 15.9. The second-order valence-corrected chi connectivity index (χ2v) is 6.43. The molecule has 0 saturated heterocycles. The highest BCUT2D eigenvalue weighted by molar-refractivity contribution is 14.1. The molecule has 0 aliphatic rings. The van der Waals surface area contributed by atoms with Crippen molar-refractivity contribution in [1.29, 1.82) is 0 Å². The minimum Gasteiger partial charge on any atom is -0.324 e. The number of benzene rings is 2. The Bertz CT molecular complexity index is 741. The van der Waals surface area contributed by atoms with E-state index in [0.29, 0.717) is 12.3 Å². The van der Waals surface area contributed by atoms with Gasteiger partial charge < -0.3 is 5.32 Å². The minimum absolute atomic E-state index is 0.144. The summed E-state index contributed by atoms with van der Waals surface area (Å²) in [5.74, 6) is -0.144. The Balaban J connectivity index is 2.21. The van der Waals surface area contributed by atoms with Crippen molar-refractivity contribution in [2.24, 2.45) is 9.98 Å². The molecular weight excluding hydrogens is 413 g/mol. The highest BCUT2D eigenvalue weighted by Gasteiger charge is 2.13. The molecule has 0 aromatic heterocycles. The fourth-order valence-corrected chi connectivity index (χ4v) is 2.59. The normalized spacial score (nSPS) is 13.0. The Labute approximate surface area is 156 Å². The Hall–Kier alpha value is -2.02. The van der Waals surface area contributed by atoms with Crippen LogP contribution >= 0.6 is 22.6 Å². The zero-order valence-electron chi connectivity index (χ0n) is 13.7. The van der Waals surface area contributed by atoms with Crippen molar-refractivity contribution in [3.05, 3.63) is 63.7 Å². The summed E-state index contributed by atoms with van der Waals surface area (Å²) in [5.41, 5.74) is 2.44. The van der Waals surface area contributed by atoms with Crippen LogP contribution in [0.15, 0.2) is 64.6 Å². The van der Waals surface area contributed by atoms with Crippen LogP contribution in [0, 0.1) is 3.57 Å². The van der Waals surface area contributed by atoms with Gasteiger partial charge in [-0.05, 0) is 60.7 Å². The van der Waals surface area contributed by atoms with Crippen LogP contribution in [0.1, 0.15) is 19.4 Å². The van der Waals surface area contributed by atoms with Gasteiger partial charge in [0.25, 0.3) is 0 Å². The monoisotopic (exact) mass is 433 g/mol. The van der Waals surface area contributed by atoms with Crippen LogP contribution in [0.5, 0.6) is 0 Å². The highest BCUT2D eigenvalue weighted by atomic mass is 127. The van der Waals surface area contributed by atoms with E-state index < -0.39 is 6.04 Å². The maximum Gasteiger partial charge on any atom is 0.248 e. The number of hydrogen-bond donors (Lipinski definition) is 1. The number of anilines is 1. The molecule has 1 N–H and O–H groups in total. The van der Waals surface area contributed by atoms with E-state index in [1.54, 1.807) is 13.1 Å². The number of hydrogen-bond acceptors (Lipinski definition) is 3. The fourth-order valence-electron chi connectivity index (χ4n) is 2.04. The quantitative estimate of drug-likeness (QED) is 0.539. The maximum absolute atomic E-state index is 12.4. The average molecular weight is 433 g/mol. The molecule has 124 valence electrons. The van der Waals surface area contributed by atoms with Gasteiger partial charge in [-0.15, -0.1) is 0 Å². The van der Waals surface area contributed by atoms with Gasteiger partial charge in [0.2, 0.25) is 5.91 Å². The Morgan fingerprint density at radius 3 is 2.62 bits per heavy atom. The van der Waals surface area contributed by atoms with E-state index in [1.165, 1.54) is 0 Å². The SMILES string of the molecule is CCN=CC(=NC(C)C(=O)Nc1ccccc1)c1cccc(I)c1. The lowest BCUT2D eigenvalue weighted by Crippen LogP contribution is -2.25. The van der Waals surface area contributed by atoms with E-state index in [0.717, 1.165) is 14.8 Å². The van der Waals surface area contributed by atoms with Crippen LogP contribution in [0.3, 0.4) is 0 Å². The second kappa shape index (κ2) is 9.32. The molecule has 0 aliphatic heterocycles. The Morgan fingerprint density at radius 2 is 1.96 bits per heavy atom. The molecule has 0 heterocycles. The smallest absolute Gasteiger partial charge is 0.248 e. The number of aliphatic imine (C=N–C) groups is 2. The number of nitrogens with zero attached hydrogens (tertiary/aromatic N) is 2. The molecule has 0 aliphatic carbocycles. The molecule has 5 heteroatoms. The lowest BCUT2D eigenvalue weighted by atomic mass is 10.1. The summed E-state index contributed by atoms with van der Waals surface area (Å²) in [7, 11) is 0. The molecule has 4 nitrogen and oxygen atoms in total. The maximum atomic E-state index is 12.4. The third-order valence-corrected chi connectivity index (χ3v) is 3.94. The van der Waals surface area contributed by atoms with Gasteiger partial charge in [0, 0.05) is 27.6 Å². The van der Waals surface area contributed by atoms with E-state index in [-0.39, 0.29) is 5.91 Å². The highest BCUT2D eigenvalue weighted by Crippen LogP contribution is 2.11. The lowest BCUT2D eigenvalue weighted by molar-refractivity contribution is -0.116. The first kappa shape index (κ1) is 18.3. The topological polar surface area (TPSA) is 53.8 Å². The van der Waals surface area contributed by atoms with Crippen LogP contribution in [0.4, 0.5) is 5.69 Å². The molecule has 0 bridgehead atoms. The number of para-hydroxylation sites is 1. The first-order chi connectivity index (χ1) is 11.6. The second-order valence-electron chi connectivity index (χ2n) is 5.18. The zero-order chi connectivity index (χ0) is 17.4. The van der Waals surface area contributed by atoms with Gasteiger partial charge in [-0.3, -0.25) is 14.8 Å². The third kappa shape index (κ3) is 5.56. The molecule has 2 aromatic rings. The molecule has 2 aromatic carbocycles. The predicted octanol–water partition coefficient (Wildman–Crippen LogP) is 4.20. The lowest BCUT2D eigenvalue weighted by Gasteiger charge is -2.10. The number of amides is 1. The van der Waals surface area contributed by atoms with Crippen LogP contribution < -0.4 is 5.32 Å². The van der Waals surface area contributed by atoms with Gasteiger partial charge in [-0.1, -0.05) is 30.3 Å². The van der Waals surface area contributed by atoms with Crippen LogP contribution in [-0.4, -0.2) is 30.4 Å². The number of rotatable bonds is 6. The van der Waals surface area contributed by atoms with Crippen molar-refractivity contribution >= 4 is 46.1 Å². The summed E-state index contributed by atoms with van der Waals surface area (Å²) in [4.78, 5) is 21.2. The summed E-state index contributed by atoms with van der Waals surface area (Å²) in [6, 6.07) is 16.9. The van der Waals surface area contributed by atoms with E-state index in [4.69, 9.17) is 0 Å². The third-order valence-electron chi connectivity index (χ3n) is 3.27. The first-order valence-electron chi connectivity index (χ1n) is 7.79. The minimum atomic E-state index is -0.513. The molecule has 0 spiro atoms. The van der Waals surface area contributed by atoms with Gasteiger partial charge in [0.1, 0.15) is 6.04 Å². The molecule has 0 fully saturated rings. The summed E-state index contributed by atoms with van der Waals surface area (Å²) >= 11 is 2.26. The van der Waals surface area contributed by atoms with Gasteiger partial charge in [-0.2, -0.15) is 0 Å². The van der Waals surface area contributed by atoms with Crippen molar-refractivity contribution in [1.82, 2.24) is 0 Å². The van der Waals surface area contributed by atoms with E-state index in [2.05, 4.69) is 37.9 Å². The number of nitrogens with one attached hydrogen (secondary N) is 1. The predicted molar refractivity (Wildman–Crippen MR) is 109 cm³/mol. The number of halogens is 1. The molecule has 0 saturated carbocycles. The summed E-state index contributed by atoms with van der Waals surface area (Å²) in [5, 5.41) is 2.87. The van der Waals surface area contributed by atoms with Crippen LogP contribution in [-0.2, 0) is 4.79 Å². The summed E-state index contributed by atoms with van der Waals surface area (Å²) in [6.45, 7) is 4.42. The standard InChI is InChI=1S/C19H20IN3O/c1-3-21-13-18(15-8-7-9-16(20)12-15)22-14(2)19(24)23-17-10-5-4-6-11-17/h4-14H,3H2,1-2H3,(H,23,24). The average Bonchev–Trinajstić information content (AvgIpc) is 2.59. The molecule has 2 rings (SSSR count). The molecule has 0 radical (unpaired) electrons. The number of carbonyl (C=O) groups excluding carboxylic acids is 1. The Kier molecular flexibility index (Phi) is 7.11. The summed E-state index contributed by atoms with van der Waals surface area (Å²) < 4.78 is 1.11. The van der Waals surface area contributed by atoms with Gasteiger partial charge >= 0.3 is 0 Å². The van der Waals surface area contributed by atoms with Crippen molar-refractivity contribution in [2.75, 3.05) is 11.9 Å². The first-order valence-corrected chi connectivity index (χ1v) is 8.87. The molecular formula is C19H20IN3O. The van der Waals surface area contributed by atoms with Crippen molar-refractivity contribution < 1.29 is 4.79 Å². The molecule has 1 amide bonds. The molecule has 24 heavy (non-hydrogen) atoms. The van der Waals surface area contributed by atoms with Crippen LogP contribution in [0.2, 0.25) is 0 Å². The largest absolute Gasteiger partial charge is 0.324 e. The van der Waals surface area contributed by atoms with Crippen molar-refractivity contribution in [2.45, 2.75) is 19.9 Å². The van der Waals surface area contributed by atoms with E-state index in [9.17, 15) is 4.79 Å². The molecule has 1 unspecified atom stereocenters. The van der Waals surface area contributed by atoms with Gasteiger partial charge in [-0.25, -0.2) is 0 Å². The molecule has 1 atom stereocenters. The number of carbonyl (C=O) groups is 1. The van der Waals surface area contributed by atoms with Crippen molar-refractivity contribution in [3.8, 4) is 0 Å². The fraction of sp³-hybridized carbons (Fsp3) is 0.211. The van der Waals surface area contributed by atoms with Gasteiger partial charge in [0.05, 0.1) is 5.71 Å². The summed E-state index contributed by atoms with van der Waals surface area (Å²) in [6.07, 6.45) is 1.73. The van der Waals surface area contributed by atoms with E-state index in [1.807, 2.05) is 61.5 Å². The van der Waals surface area contributed by atoms with E-state index >= 15 is 0 Å². The van der Waals surface area contributed by atoms with Crippen LogP contribution in [0.25, 0.3) is 0 Å². The van der Waals surface area contributed by atoms with Gasteiger partial charge in [0.15, 0.2) is 0 Å².